The normalized spacial score (nSPS) is 14.8. The fourth-order valence-corrected chi connectivity index (χ4v) is 2.66. The fraction of sp³-hybridized carbons (Fsp3) is 0.636. The summed E-state index contributed by atoms with van der Waals surface area (Å²) in [4.78, 5) is 12.0. The molecule has 0 saturated heterocycles. The van der Waals surface area contributed by atoms with Crippen LogP contribution in [0.15, 0.2) is 0 Å². The molecule has 0 aromatic carbocycles. The Labute approximate surface area is 114 Å². The summed E-state index contributed by atoms with van der Waals surface area (Å²) in [6.07, 6.45) is 2.65. The maximum absolute atomic E-state index is 11.1. The lowest BCUT2D eigenvalue weighted by atomic mass is 10.4. The maximum Gasteiger partial charge on any atom is 0.407 e. The predicted octanol–water partition coefficient (Wildman–Crippen LogP) is 1.35. The molecule has 1 aliphatic carbocycles. The van der Waals surface area contributed by atoms with Gasteiger partial charge in [0.25, 0.3) is 0 Å². The second-order valence-electron chi connectivity index (χ2n) is 4.42. The molecule has 7 nitrogen and oxygen atoms in total. The summed E-state index contributed by atoms with van der Waals surface area (Å²) in [6, 6.07) is 0. The second kappa shape index (κ2) is 5.12. The number of hydrogen-bond acceptors (Lipinski definition) is 6. The van der Waals surface area contributed by atoms with Crippen LogP contribution in [0.4, 0.5) is 4.79 Å². The van der Waals surface area contributed by atoms with Gasteiger partial charge in [0, 0.05) is 18.9 Å². The number of carbonyl (C=O) groups excluding carboxylic acids is 1. The van der Waals surface area contributed by atoms with Gasteiger partial charge in [-0.3, -0.25) is 0 Å². The van der Waals surface area contributed by atoms with Crippen molar-refractivity contribution in [1.29, 1.82) is 0 Å². The van der Waals surface area contributed by atoms with E-state index < -0.39 is 0 Å². The van der Waals surface area contributed by atoms with E-state index in [2.05, 4.69) is 20.6 Å². The van der Waals surface area contributed by atoms with E-state index >= 15 is 0 Å². The smallest absolute Gasteiger partial charge is 0.407 e. The van der Waals surface area contributed by atoms with Crippen molar-refractivity contribution in [2.45, 2.75) is 32.1 Å². The van der Waals surface area contributed by atoms with E-state index in [4.69, 9.17) is 4.74 Å². The zero-order valence-corrected chi connectivity index (χ0v) is 11.4. The van der Waals surface area contributed by atoms with E-state index in [1.807, 2.05) is 4.52 Å². The third-order valence-corrected chi connectivity index (χ3v) is 3.84. The predicted molar refractivity (Wildman–Crippen MR) is 69.4 cm³/mol. The van der Waals surface area contributed by atoms with Crippen molar-refractivity contribution < 1.29 is 9.53 Å². The molecule has 0 atom stereocenters. The van der Waals surface area contributed by atoms with Gasteiger partial charge in [0.15, 0.2) is 5.82 Å². The van der Waals surface area contributed by atoms with Crippen molar-refractivity contribution in [3.8, 4) is 0 Å². The molecule has 0 spiro atoms. The maximum atomic E-state index is 11.1. The van der Waals surface area contributed by atoms with Gasteiger partial charge < -0.3 is 10.1 Å². The van der Waals surface area contributed by atoms with Crippen molar-refractivity contribution in [1.82, 2.24) is 25.1 Å². The topological polar surface area (TPSA) is 81.4 Å². The molecule has 3 rings (SSSR count). The largest absolute Gasteiger partial charge is 0.450 e. The molecule has 1 aliphatic rings. The summed E-state index contributed by atoms with van der Waals surface area (Å²) in [5, 5.41) is 16.4. The number of ether oxygens (including phenoxy) is 1. The van der Waals surface area contributed by atoms with Crippen LogP contribution < -0.4 is 5.32 Å². The standard InChI is InChI=1S/C11H15N5O2S/c1-2-18-11(17)12-6-5-8-15-16-9(7-3-4-7)13-14-10(16)19-8/h7H,2-6H2,1H3,(H,12,17). The highest BCUT2D eigenvalue weighted by molar-refractivity contribution is 7.16. The Kier molecular flexibility index (Phi) is 3.33. The minimum absolute atomic E-state index is 0.382. The van der Waals surface area contributed by atoms with Crippen molar-refractivity contribution in [2.24, 2.45) is 0 Å². The average Bonchev–Trinajstić information content (AvgIpc) is 3.01. The van der Waals surface area contributed by atoms with Crippen LogP contribution >= 0.6 is 11.3 Å². The van der Waals surface area contributed by atoms with Gasteiger partial charge in [0.1, 0.15) is 5.01 Å². The molecule has 0 unspecified atom stereocenters. The third-order valence-electron chi connectivity index (χ3n) is 2.88. The molecule has 2 aromatic rings. The zero-order chi connectivity index (χ0) is 13.2. The highest BCUT2D eigenvalue weighted by Gasteiger charge is 2.29. The molecular weight excluding hydrogens is 266 g/mol. The molecule has 1 amide bonds. The number of alkyl carbamates (subject to hydrolysis) is 1. The van der Waals surface area contributed by atoms with Crippen LogP contribution in [0, 0.1) is 0 Å². The van der Waals surface area contributed by atoms with Gasteiger partial charge in [0.2, 0.25) is 4.96 Å². The van der Waals surface area contributed by atoms with Gasteiger partial charge in [-0.15, -0.1) is 10.2 Å². The first-order valence-electron chi connectivity index (χ1n) is 6.39. The highest BCUT2D eigenvalue weighted by Crippen LogP contribution is 2.39. The van der Waals surface area contributed by atoms with Crippen molar-refractivity contribution >= 4 is 22.4 Å². The van der Waals surface area contributed by atoms with Gasteiger partial charge in [-0.25, -0.2) is 4.79 Å². The Morgan fingerprint density at radius 1 is 1.53 bits per heavy atom. The van der Waals surface area contributed by atoms with Gasteiger partial charge in [-0.05, 0) is 19.8 Å². The Hall–Kier alpha value is -1.70. The highest BCUT2D eigenvalue weighted by atomic mass is 32.1. The third kappa shape index (κ3) is 2.67. The number of nitrogens with zero attached hydrogens (tertiary/aromatic N) is 4. The van der Waals surface area contributed by atoms with Gasteiger partial charge in [0.05, 0.1) is 6.61 Å². The first-order valence-corrected chi connectivity index (χ1v) is 7.21. The van der Waals surface area contributed by atoms with E-state index in [0.29, 0.717) is 25.5 Å². The zero-order valence-electron chi connectivity index (χ0n) is 10.6. The number of aromatic nitrogens is 4. The summed E-state index contributed by atoms with van der Waals surface area (Å²) in [6.45, 7) is 2.68. The molecule has 102 valence electrons. The number of hydrogen-bond donors (Lipinski definition) is 1. The molecule has 0 bridgehead atoms. The van der Waals surface area contributed by atoms with Crippen molar-refractivity contribution in [3.63, 3.8) is 0 Å². The summed E-state index contributed by atoms with van der Waals surface area (Å²) >= 11 is 1.51. The fourth-order valence-electron chi connectivity index (χ4n) is 1.82. The lowest BCUT2D eigenvalue weighted by Crippen LogP contribution is -2.26. The molecule has 0 aliphatic heterocycles. The number of nitrogens with one attached hydrogen (secondary N) is 1. The van der Waals surface area contributed by atoms with E-state index in [-0.39, 0.29) is 6.09 Å². The molecule has 8 heteroatoms. The number of carbonyl (C=O) groups is 1. The molecule has 2 aromatic heterocycles. The molecule has 1 fully saturated rings. The van der Waals surface area contributed by atoms with E-state index in [9.17, 15) is 4.79 Å². The Morgan fingerprint density at radius 3 is 3.11 bits per heavy atom. The van der Waals surface area contributed by atoms with E-state index in [1.54, 1.807) is 6.92 Å². The number of amides is 1. The molecule has 2 heterocycles. The summed E-state index contributed by atoms with van der Waals surface area (Å²) in [5.74, 6) is 1.50. The van der Waals surface area contributed by atoms with Crippen LogP contribution in [-0.2, 0) is 11.2 Å². The van der Waals surface area contributed by atoms with Crippen molar-refractivity contribution in [2.75, 3.05) is 13.2 Å². The molecule has 1 N–H and O–H groups in total. The van der Waals surface area contributed by atoms with Crippen LogP contribution in [0.3, 0.4) is 0 Å². The summed E-state index contributed by atoms with van der Waals surface area (Å²) in [5.41, 5.74) is 0. The van der Waals surface area contributed by atoms with Crippen LogP contribution in [-0.4, -0.2) is 39.1 Å². The Bertz CT molecular complexity index is 589. The quantitative estimate of drug-likeness (QED) is 0.894. The molecule has 0 radical (unpaired) electrons. The Balaban J connectivity index is 1.60. The van der Waals surface area contributed by atoms with Crippen LogP contribution in [0.25, 0.3) is 4.96 Å². The number of fused-ring (bicyclic) bond motifs is 1. The Morgan fingerprint density at radius 2 is 2.37 bits per heavy atom. The SMILES string of the molecule is CCOC(=O)NCCc1nn2c(C3CC3)nnc2s1. The van der Waals surface area contributed by atoms with E-state index in [1.165, 1.54) is 24.2 Å². The molecule has 1 saturated carbocycles. The van der Waals surface area contributed by atoms with E-state index in [0.717, 1.165) is 15.8 Å². The van der Waals surface area contributed by atoms with Crippen LogP contribution in [0.1, 0.15) is 36.5 Å². The van der Waals surface area contributed by atoms with Gasteiger partial charge in [-0.1, -0.05) is 11.3 Å². The minimum Gasteiger partial charge on any atom is -0.450 e. The van der Waals surface area contributed by atoms with Crippen LogP contribution in [0.2, 0.25) is 0 Å². The second-order valence-corrected chi connectivity index (χ2v) is 5.46. The molecule has 19 heavy (non-hydrogen) atoms. The average molecular weight is 281 g/mol. The summed E-state index contributed by atoms with van der Waals surface area (Å²) < 4.78 is 6.62. The van der Waals surface area contributed by atoms with Gasteiger partial charge in [-0.2, -0.15) is 9.61 Å². The number of rotatable bonds is 5. The summed E-state index contributed by atoms with van der Waals surface area (Å²) in [7, 11) is 0. The monoisotopic (exact) mass is 281 g/mol. The minimum atomic E-state index is -0.385. The van der Waals surface area contributed by atoms with Crippen LogP contribution in [0.5, 0.6) is 0 Å². The molecular formula is C11H15N5O2S. The first-order chi connectivity index (χ1) is 9.28. The van der Waals surface area contributed by atoms with Crippen molar-refractivity contribution in [3.05, 3.63) is 10.8 Å². The first kappa shape index (κ1) is 12.3. The lowest BCUT2D eigenvalue weighted by Gasteiger charge is -2.02. The van der Waals surface area contributed by atoms with Gasteiger partial charge >= 0.3 is 6.09 Å². The lowest BCUT2D eigenvalue weighted by molar-refractivity contribution is 0.152.